The van der Waals surface area contributed by atoms with Gasteiger partial charge in [0.25, 0.3) is 10.0 Å². The molecule has 3 rings (SSSR count). The van der Waals surface area contributed by atoms with Gasteiger partial charge in [-0.05, 0) is 75.1 Å². The van der Waals surface area contributed by atoms with E-state index in [9.17, 15) is 13.2 Å². The van der Waals surface area contributed by atoms with Gasteiger partial charge >= 0.3 is 0 Å². The van der Waals surface area contributed by atoms with Gasteiger partial charge < -0.3 is 5.32 Å². The number of nitrogens with one attached hydrogen (secondary N) is 1. The first kappa shape index (κ1) is 24.5. The Labute approximate surface area is 197 Å². The Bertz CT molecular complexity index is 1200. The summed E-state index contributed by atoms with van der Waals surface area (Å²) in [6, 6.07) is 20.1. The summed E-state index contributed by atoms with van der Waals surface area (Å²) in [4.78, 5) is 13.3. The summed E-state index contributed by atoms with van der Waals surface area (Å²) in [5.74, 6) is -0.350. The van der Waals surface area contributed by atoms with Crippen LogP contribution in [0.15, 0.2) is 71.6 Å². The SMILES string of the molecule is CCC(NC(=O)CN(c1cc(C)cc(C)c1)S(=O)(=O)c1ccc(C)cc1)c1ccc(C)cc1. The van der Waals surface area contributed by atoms with Crippen molar-refractivity contribution in [1.82, 2.24) is 5.32 Å². The molecule has 0 aliphatic heterocycles. The molecule has 1 unspecified atom stereocenters. The molecule has 0 spiro atoms. The first-order valence-electron chi connectivity index (χ1n) is 11.1. The smallest absolute Gasteiger partial charge is 0.264 e. The number of aryl methyl sites for hydroxylation is 4. The van der Waals surface area contributed by atoms with E-state index in [0.717, 1.165) is 27.8 Å². The molecular formula is C27H32N2O3S. The molecule has 0 heterocycles. The van der Waals surface area contributed by atoms with E-state index in [1.54, 1.807) is 36.4 Å². The number of hydrogen-bond acceptors (Lipinski definition) is 3. The fourth-order valence-electron chi connectivity index (χ4n) is 3.84. The predicted octanol–water partition coefficient (Wildman–Crippen LogP) is 5.38. The Morgan fingerprint density at radius 2 is 1.33 bits per heavy atom. The second-order valence-corrected chi connectivity index (χ2v) is 10.5. The number of anilines is 1. The standard InChI is InChI=1S/C27H32N2O3S/c1-6-26(23-11-7-19(2)8-12-23)28-27(30)18-29(24-16-21(4)15-22(5)17-24)33(31,32)25-13-9-20(3)10-14-25/h7-17,26H,6,18H2,1-5H3,(H,28,30). The summed E-state index contributed by atoms with van der Waals surface area (Å²) in [5, 5.41) is 3.02. The van der Waals surface area contributed by atoms with Gasteiger partial charge in [-0.15, -0.1) is 0 Å². The number of carbonyl (C=O) groups is 1. The molecule has 0 saturated carbocycles. The normalized spacial score (nSPS) is 12.3. The molecule has 0 bridgehead atoms. The van der Waals surface area contributed by atoms with Crippen LogP contribution in [0.25, 0.3) is 0 Å². The van der Waals surface area contributed by atoms with Crippen LogP contribution < -0.4 is 9.62 Å². The number of rotatable bonds is 8. The molecule has 3 aromatic rings. The van der Waals surface area contributed by atoms with Crippen LogP contribution >= 0.6 is 0 Å². The lowest BCUT2D eigenvalue weighted by Crippen LogP contribution is -2.42. The molecule has 6 heteroatoms. The highest BCUT2D eigenvalue weighted by Gasteiger charge is 2.28. The molecule has 1 N–H and O–H groups in total. The van der Waals surface area contributed by atoms with E-state index in [1.807, 2.05) is 65.0 Å². The Morgan fingerprint density at radius 3 is 1.85 bits per heavy atom. The van der Waals surface area contributed by atoms with Crippen molar-refractivity contribution in [2.24, 2.45) is 0 Å². The second kappa shape index (κ2) is 10.2. The molecule has 1 atom stereocenters. The summed E-state index contributed by atoms with van der Waals surface area (Å²) in [6.07, 6.45) is 0.697. The van der Waals surface area contributed by atoms with Crippen LogP contribution in [0.2, 0.25) is 0 Å². The van der Waals surface area contributed by atoms with E-state index >= 15 is 0 Å². The van der Waals surface area contributed by atoms with Crippen molar-refractivity contribution in [3.8, 4) is 0 Å². The van der Waals surface area contributed by atoms with Gasteiger partial charge in [-0.25, -0.2) is 8.42 Å². The van der Waals surface area contributed by atoms with E-state index < -0.39 is 10.0 Å². The largest absolute Gasteiger partial charge is 0.348 e. The molecule has 174 valence electrons. The van der Waals surface area contributed by atoms with Crippen molar-refractivity contribution in [1.29, 1.82) is 0 Å². The van der Waals surface area contributed by atoms with E-state index in [0.29, 0.717) is 12.1 Å². The van der Waals surface area contributed by atoms with Gasteiger partial charge in [0, 0.05) is 0 Å². The zero-order valence-electron chi connectivity index (χ0n) is 19.9. The maximum Gasteiger partial charge on any atom is 0.264 e. The summed E-state index contributed by atoms with van der Waals surface area (Å²) >= 11 is 0. The molecule has 0 saturated heterocycles. The lowest BCUT2D eigenvalue weighted by atomic mass is 10.0. The second-order valence-electron chi connectivity index (χ2n) is 8.61. The molecule has 0 fully saturated rings. The quantitative estimate of drug-likeness (QED) is 0.486. The summed E-state index contributed by atoms with van der Waals surface area (Å²) < 4.78 is 28.4. The van der Waals surface area contributed by atoms with Crippen molar-refractivity contribution in [3.05, 3.63) is 94.5 Å². The third-order valence-corrected chi connectivity index (χ3v) is 7.40. The summed E-state index contributed by atoms with van der Waals surface area (Å²) in [7, 11) is -3.94. The van der Waals surface area contributed by atoms with Crippen LogP contribution in [0, 0.1) is 27.7 Å². The number of carbonyl (C=O) groups excluding carboxylic acids is 1. The molecule has 5 nitrogen and oxygen atoms in total. The van der Waals surface area contributed by atoms with Crippen LogP contribution in [0.4, 0.5) is 5.69 Å². The Morgan fingerprint density at radius 1 is 0.818 bits per heavy atom. The van der Waals surface area contributed by atoms with Crippen LogP contribution in [0.3, 0.4) is 0 Å². The average Bonchev–Trinajstić information content (AvgIpc) is 2.76. The first-order valence-corrected chi connectivity index (χ1v) is 12.6. The summed E-state index contributed by atoms with van der Waals surface area (Å²) in [5.41, 5.74) is 5.45. The fraction of sp³-hybridized carbons (Fsp3) is 0.296. The molecule has 0 aromatic heterocycles. The lowest BCUT2D eigenvalue weighted by molar-refractivity contribution is -0.120. The number of amides is 1. The molecular weight excluding hydrogens is 432 g/mol. The maximum atomic E-state index is 13.6. The predicted molar refractivity (Wildman–Crippen MR) is 134 cm³/mol. The lowest BCUT2D eigenvalue weighted by Gasteiger charge is -2.26. The van der Waals surface area contributed by atoms with Gasteiger partial charge in [0.1, 0.15) is 6.54 Å². The van der Waals surface area contributed by atoms with E-state index in [-0.39, 0.29) is 23.4 Å². The first-order chi connectivity index (χ1) is 15.6. The number of sulfonamides is 1. The van der Waals surface area contributed by atoms with Gasteiger partial charge in [0.2, 0.25) is 5.91 Å². The van der Waals surface area contributed by atoms with E-state index in [4.69, 9.17) is 0 Å². The van der Waals surface area contributed by atoms with Crippen molar-refractivity contribution in [2.75, 3.05) is 10.8 Å². The Hall–Kier alpha value is -3.12. The minimum Gasteiger partial charge on any atom is -0.348 e. The van der Waals surface area contributed by atoms with E-state index in [2.05, 4.69) is 5.32 Å². The topological polar surface area (TPSA) is 66.5 Å². The highest BCUT2D eigenvalue weighted by molar-refractivity contribution is 7.92. The van der Waals surface area contributed by atoms with Crippen molar-refractivity contribution in [2.45, 2.75) is 52.0 Å². The average molecular weight is 465 g/mol. The highest BCUT2D eigenvalue weighted by atomic mass is 32.2. The van der Waals surface area contributed by atoms with Crippen LogP contribution in [-0.4, -0.2) is 20.9 Å². The minimum absolute atomic E-state index is 0.158. The van der Waals surface area contributed by atoms with Gasteiger partial charge in [-0.2, -0.15) is 0 Å². The van der Waals surface area contributed by atoms with Gasteiger partial charge in [0.15, 0.2) is 0 Å². The third-order valence-electron chi connectivity index (χ3n) is 5.61. The van der Waals surface area contributed by atoms with Crippen LogP contribution in [0.1, 0.15) is 47.2 Å². The number of hydrogen-bond donors (Lipinski definition) is 1. The van der Waals surface area contributed by atoms with Gasteiger partial charge in [-0.3, -0.25) is 9.10 Å². The van der Waals surface area contributed by atoms with E-state index in [1.165, 1.54) is 4.31 Å². The zero-order valence-corrected chi connectivity index (χ0v) is 20.7. The van der Waals surface area contributed by atoms with Crippen molar-refractivity contribution in [3.63, 3.8) is 0 Å². The third kappa shape index (κ3) is 6.02. The molecule has 3 aromatic carbocycles. The molecule has 0 radical (unpaired) electrons. The summed E-state index contributed by atoms with van der Waals surface area (Å²) in [6.45, 7) is 9.44. The highest BCUT2D eigenvalue weighted by Crippen LogP contribution is 2.26. The number of nitrogens with zero attached hydrogens (tertiary/aromatic N) is 1. The van der Waals surface area contributed by atoms with Crippen molar-refractivity contribution >= 4 is 21.6 Å². The molecule has 0 aliphatic rings. The molecule has 1 amide bonds. The van der Waals surface area contributed by atoms with Crippen molar-refractivity contribution < 1.29 is 13.2 Å². The molecule has 0 aliphatic carbocycles. The zero-order chi connectivity index (χ0) is 24.2. The minimum atomic E-state index is -3.94. The molecule has 33 heavy (non-hydrogen) atoms. The monoisotopic (exact) mass is 464 g/mol. The van der Waals surface area contributed by atoms with Crippen LogP contribution in [-0.2, 0) is 14.8 Å². The number of benzene rings is 3. The fourth-order valence-corrected chi connectivity index (χ4v) is 5.24. The van der Waals surface area contributed by atoms with Gasteiger partial charge in [-0.1, -0.05) is 60.5 Å². The van der Waals surface area contributed by atoms with Crippen LogP contribution in [0.5, 0.6) is 0 Å². The maximum absolute atomic E-state index is 13.6. The van der Waals surface area contributed by atoms with Gasteiger partial charge in [0.05, 0.1) is 16.6 Å². The Balaban J connectivity index is 1.94. The Kier molecular flexibility index (Phi) is 7.59.